The van der Waals surface area contributed by atoms with Crippen LogP contribution >= 0.6 is 0 Å². The fourth-order valence-corrected chi connectivity index (χ4v) is 2.56. The summed E-state index contributed by atoms with van der Waals surface area (Å²) in [7, 11) is 3.44. The number of likely N-dealkylation sites (N-methyl/N-ethyl adjacent to an activating group) is 1. The number of hydrogen-bond acceptors (Lipinski definition) is 6. The lowest BCUT2D eigenvalue weighted by atomic mass is 9.95. The Balaban J connectivity index is 2.06. The molecule has 1 aliphatic rings. The summed E-state index contributed by atoms with van der Waals surface area (Å²) in [6, 6.07) is 3.45. The molecule has 21 heavy (non-hydrogen) atoms. The number of carbonyl (C=O) groups excluding carboxylic acids is 1. The predicted molar refractivity (Wildman–Crippen MR) is 78.6 cm³/mol. The van der Waals surface area contributed by atoms with E-state index in [9.17, 15) is 9.90 Å². The molecule has 1 saturated heterocycles. The van der Waals surface area contributed by atoms with Gasteiger partial charge in [-0.2, -0.15) is 0 Å². The van der Waals surface area contributed by atoms with Gasteiger partial charge in [-0.15, -0.1) is 0 Å². The molecule has 0 radical (unpaired) electrons. The fraction of sp³-hybridized carbons (Fsp3) is 0.600. The third-order valence-electron chi connectivity index (χ3n) is 3.98. The molecule has 2 unspecified atom stereocenters. The second-order valence-corrected chi connectivity index (χ2v) is 5.46. The second-order valence-electron chi connectivity index (χ2n) is 5.46. The molecule has 116 valence electrons. The standard InChI is InChI=1S/C15H23N3O3/c1-17-7-9-18(10-8-17)11-13(15(20)21-2)14(19)12-3-5-16-6-4-12/h3-6,13-14,19H,7-11H2,1-2H3. The average Bonchev–Trinajstić information content (AvgIpc) is 2.54. The van der Waals surface area contributed by atoms with Crippen molar-refractivity contribution < 1.29 is 14.6 Å². The van der Waals surface area contributed by atoms with E-state index in [1.54, 1.807) is 24.5 Å². The topological polar surface area (TPSA) is 65.9 Å². The third-order valence-corrected chi connectivity index (χ3v) is 3.98. The normalized spacial score (nSPS) is 20.0. The van der Waals surface area contributed by atoms with Gasteiger partial charge in [0.05, 0.1) is 19.1 Å². The van der Waals surface area contributed by atoms with Crippen molar-refractivity contribution in [1.29, 1.82) is 0 Å². The Bertz CT molecular complexity index is 447. The number of pyridine rings is 1. The van der Waals surface area contributed by atoms with Crippen LogP contribution in [0.2, 0.25) is 0 Å². The van der Waals surface area contributed by atoms with Crippen molar-refractivity contribution in [2.24, 2.45) is 5.92 Å². The van der Waals surface area contributed by atoms with Crippen LogP contribution in [0.25, 0.3) is 0 Å². The number of esters is 1. The number of nitrogens with zero attached hydrogens (tertiary/aromatic N) is 3. The van der Waals surface area contributed by atoms with E-state index >= 15 is 0 Å². The zero-order chi connectivity index (χ0) is 15.2. The van der Waals surface area contributed by atoms with Crippen molar-refractivity contribution >= 4 is 5.97 Å². The van der Waals surface area contributed by atoms with Gasteiger partial charge in [0, 0.05) is 45.1 Å². The molecule has 6 heteroatoms. The highest BCUT2D eigenvalue weighted by Gasteiger charge is 2.31. The van der Waals surface area contributed by atoms with Crippen LogP contribution in [0.4, 0.5) is 0 Å². The molecule has 0 aliphatic carbocycles. The van der Waals surface area contributed by atoms with Crippen molar-refractivity contribution in [2.75, 3.05) is 46.9 Å². The fourth-order valence-electron chi connectivity index (χ4n) is 2.56. The van der Waals surface area contributed by atoms with Crippen LogP contribution in [0, 0.1) is 5.92 Å². The first-order valence-corrected chi connectivity index (χ1v) is 7.18. The van der Waals surface area contributed by atoms with E-state index in [0.717, 1.165) is 26.2 Å². The highest BCUT2D eigenvalue weighted by molar-refractivity contribution is 5.73. The lowest BCUT2D eigenvalue weighted by Crippen LogP contribution is -2.47. The minimum absolute atomic E-state index is 0.377. The SMILES string of the molecule is COC(=O)C(CN1CCN(C)CC1)C(O)c1ccncc1. The number of carbonyl (C=O) groups is 1. The molecule has 6 nitrogen and oxygen atoms in total. The van der Waals surface area contributed by atoms with Crippen molar-refractivity contribution in [2.45, 2.75) is 6.10 Å². The third kappa shape index (κ3) is 4.23. The summed E-state index contributed by atoms with van der Waals surface area (Å²) in [5, 5.41) is 10.5. The number of ether oxygens (including phenoxy) is 1. The predicted octanol–water partition coefficient (Wildman–Crippen LogP) is 0.152. The van der Waals surface area contributed by atoms with Crippen LogP contribution in [0.3, 0.4) is 0 Å². The zero-order valence-electron chi connectivity index (χ0n) is 12.6. The number of aliphatic hydroxyl groups is 1. The number of piperazine rings is 1. The molecule has 0 saturated carbocycles. The van der Waals surface area contributed by atoms with E-state index < -0.39 is 12.0 Å². The number of aliphatic hydroxyl groups excluding tert-OH is 1. The molecule has 1 N–H and O–H groups in total. The van der Waals surface area contributed by atoms with Crippen LogP contribution < -0.4 is 0 Å². The van der Waals surface area contributed by atoms with Gasteiger partial charge in [0.15, 0.2) is 0 Å². The molecule has 1 aliphatic heterocycles. The summed E-state index contributed by atoms with van der Waals surface area (Å²) in [6.45, 7) is 4.24. The lowest BCUT2D eigenvalue weighted by molar-refractivity contribution is -0.150. The van der Waals surface area contributed by atoms with Crippen LogP contribution in [0.5, 0.6) is 0 Å². The van der Waals surface area contributed by atoms with Crippen molar-refractivity contribution in [3.8, 4) is 0 Å². The quantitative estimate of drug-likeness (QED) is 0.780. The van der Waals surface area contributed by atoms with Crippen LogP contribution in [0.1, 0.15) is 11.7 Å². The molecule has 1 fully saturated rings. The molecule has 1 aromatic rings. The molecule has 0 aromatic carbocycles. The van der Waals surface area contributed by atoms with Crippen molar-refractivity contribution in [3.63, 3.8) is 0 Å². The van der Waals surface area contributed by atoms with E-state index in [4.69, 9.17) is 4.74 Å². The molecular formula is C15H23N3O3. The molecular weight excluding hydrogens is 270 g/mol. The Hall–Kier alpha value is -1.50. The summed E-state index contributed by atoms with van der Waals surface area (Å²) >= 11 is 0. The van der Waals surface area contributed by atoms with Gasteiger partial charge in [0.1, 0.15) is 0 Å². The Labute approximate surface area is 125 Å². The molecule has 0 amide bonds. The summed E-state index contributed by atoms with van der Waals surface area (Å²) in [5.41, 5.74) is 0.689. The lowest BCUT2D eigenvalue weighted by Gasteiger charge is -2.35. The zero-order valence-corrected chi connectivity index (χ0v) is 12.6. The number of aromatic nitrogens is 1. The van der Waals surface area contributed by atoms with Crippen LogP contribution in [0.15, 0.2) is 24.5 Å². The second kappa shape index (κ2) is 7.49. The summed E-state index contributed by atoms with van der Waals surface area (Å²) < 4.78 is 4.87. The first-order valence-electron chi connectivity index (χ1n) is 7.18. The number of methoxy groups -OCH3 is 1. The smallest absolute Gasteiger partial charge is 0.312 e. The first kappa shape index (κ1) is 15.9. The Kier molecular flexibility index (Phi) is 5.67. The maximum absolute atomic E-state index is 12.0. The Morgan fingerprint density at radius 3 is 2.52 bits per heavy atom. The maximum atomic E-state index is 12.0. The molecule has 2 atom stereocenters. The van der Waals surface area contributed by atoms with Gasteiger partial charge in [-0.25, -0.2) is 0 Å². The van der Waals surface area contributed by atoms with E-state index in [2.05, 4.69) is 21.8 Å². The van der Waals surface area contributed by atoms with Crippen LogP contribution in [-0.2, 0) is 9.53 Å². The van der Waals surface area contributed by atoms with E-state index in [1.807, 2.05) is 0 Å². The Morgan fingerprint density at radius 2 is 1.95 bits per heavy atom. The van der Waals surface area contributed by atoms with E-state index in [1.165, 1.54) is 7.11 Å². The minimum Gasteiger partial charge on any atom is -0.469 e. The molecule has 0 bridgehead atoms. The molecule has 0 spiro atoms. The summed E-state index contributed by atoms with van der Waals surface area (Å²) in [6.07, 6.45) is 2.35. The minimum atomic E-state index is -0.875. The van der Waals surface area contributed by atoms with Gasteiger partial charge in [-0.1, -0.05) is 0 Å². The van der Waals surface area contributed by atoms with Gasteiger partial charge in [-0.05, 0) is 24.7 Å². The van der Waals surface area contributed by atoms with Gasteiger partial charge in [0.2, 0.25) is 0 Å². The molecule has 1 aromatic heterocycles. The monoisotopic (exact) mass is 293 g/mol. The van der Waals surface area contributed by atoms with Crippen LogP contribution in [-0.4, -0.2) is 72.7 Å². The highest BCUT2D eigenvalue weighted by Crippen LogP contribution is 2.24. The summed E-state index contributed by atoms with van der Waals surface area (Å²) in [4.78, 5) is 20.4. The largest absolute Gasteiger partial charge is 0.469 e. The molecule has 2 heterocycles. The Morgan fingerprint density at radius 1 is 1.33 bits per heavy atom. The van der Waals surface area contributed by atoms with Gasteiger partial charge < -0.3 is 14.7 Å². The van der Waals surface area contributed by atoms with Gasteiger partial charge >= 0.3 is 5.97 Å². The average molecular weight is 293 g/mol. The number of hydrogen-bond donors (Lipinski definition) is 1. The van der Waals surface area contributed by atoms with E-state index in [-0.39, 0.29) is 5.97 Å². The summed E-state index contributed by atoms with van der Waals surface area (Å²) in [5.74, 6) is -0.959. The van der Waals surface area contributed by atoms with Crippen molar-refractivity contribution in [3.05, 3.63) is 30.1 Å². The van der Waals surface area contributed by atoms with E-state index in [0.29, 0.717) is 12.1 Å². The van der Waals surface area contributed by atoms with Gasteiger partial charge in [-0.3, -0.25) is 14.7 Å². The van der Waals surface area contributed by atoms with Gasteiger partial charge in [0.25, 0.3) is 0 Å². The maximum Gasteiger partial charge on any atom is 0.312 e. The highest BCUT2D eigenvalue weighted by atomic mass is 16.5. The van der Waals surface area contributed by atoms with Crippen molar-refractivity contribution in [1.82, 2.24) is 14.8 Å². The first-order chi connectivity index (χ1) is 10.1. The molecule has 2 rings (SSSR count). The number of rotatable bonds is 5.